The molecule has 3 atom stereocenters. The average molecular weight is 224 g/mol. The molecule has 1 N–H and O–H groups in total. The number of hydrogen-bond acceptors (Lipinski definition) is 2. The molecule has 0 radical (unpaired) electrons. The Balaban J connectivity index is 1.64. The van der Waals surface area contributed by atoms with Crippen molar-refractivity contribution >= 4 is 0 Å². The third-order valence-electron chi connectivity index (χ3n) is 4.74. The fraction of sp³-hybridized carbons (Fsp3) is 1.00. The van der Waals surface area contributed by atoms with E-state index in [0.717, 1.165) is 17.9 Å². The van der Waals surface area contributed by atoms with E-state index in [2.05, 4.69) is 24.1 Å². The van der Waals surface area contributed by atoms with Crippen LogP contribution < -0.4 is 5.32 Å². The van der Waals surface area contributed by atoms with Crippen molar-refractivity contribution in [2.45, 2.75) is 52.0 Å². The van der Waals surface area contributed by atoms with Crippen LogP contribution in [0.1, 0.15) is 46.0 Å². The molecule has 0 aromatic carbocycles. The summed E-state index contributed by atoms with van der Waals surface area (Å²) in [5.74, 6) is 1.78. The molecule has 1 heterocycles. The summed E-state index contributed by atoms with van der Waals surface area (Å²) >= 11 is 0. The Morgan fingerprint density at radius 1 is 1.06 bits per heavy atom. The quantitative estimate of drug-likeness (QED) is 0.789. The van der Waals surface area contributed by atoms with Crippen LogP contribution in [0.3, 0.4) is 0 Å². The summed E-state index contributed by atoms with van der Waals surface area (Å²) in [4.78, 5) is 2.60. The lowest BCUT2D eigenvalue weighted by Gasteiger charge is -2.35. The largest absolute Gasteiger partial charge is 0.312 e. The molecular weight excluding hydrogens is 196 g/mol. The lowest BCUT2D eigenvalue weighted by molar-refractivity contribution is 0.201. The van der Waals surface area contributed by atoms with Crippen LogP contribution in [0.5, 0.6) is 0 Å². The van der Waals surface area contributed by atoms with E-state index >= 15 is 0 Å². The van der Waals surface area contributed by atoms with Crippen molar-refractivity contribution in [2.75, 3.05) is 26.2 Å². The molecule has 0 aromatic rings. The van der Waals surface area contributed by atoms with Gasteiger partial charge in [-0.05, 0) is 44.2 Å². The van der Waals surface area contributed by atoms with Crippen molar-refractivity contribution in [3.05, 3.63) is 0 Å². The Bertz CT molecular complexity index is 199. The molecule has 2 heteroatoms. The van der Waals surface area contributed by atoms with Crippen molar-refractivity contribution in [1.29, 1.82) is 0 Å². The Hall–Kier alpha value is -0.0800. The topological polar surface area (TPSA) is 15.3 Å². The first-order valence-corrected chi connectivity index (χ1v) is 7.23. The zero-order valence-corrected chi connectivity index (χ0v) is 11.0. The monoisotopic (exact) mass is 224 g/mol. The second-order valence-electron chi connectivity index (χ2n) is 5.88. The molecule has 2 rings (SSSR count). The zero-order chi connectivity index (χ0) is 11.4. The van der Waals surface area contributed by atoms with Crippen molar-refractivity contribution < 1.29 is 0 Å². The summed E-state index contributed by atoms with van der Waals surface area (Å²) < 4.78 is 0. The van der Waals surface area contributed by atoms with Crippen molar-refractivity contribution in [3.8, 4) is 0 Å². The van der Waals surface area contributed by atoms with Crippen LogP contribution in [0.4, 0.5) is 0 Å². The Labute approximate surface area is 101 Å². The van der Waals surface area contributed by atoms with Crippen molar-refractivity contribution in [1.82, 2.24) is 10.2 Å². The van der Waals surface area contributed by atoms with Gasteiger partial charge in [-0.3, -0.25) is 0 Å². The molecule has 2 nitrogen and oxygen atoms in total. The molecule has 2 fully saturated rings. The molecule has 1 saturated heterocycles. The Morgan fingerprint density at radius 2 is 1.81 bits per heavy atom. The lowest BCUT2D eigenvalue weighted by atomic mass is 9.78. The van der Waals surface area contributed by atoms with Crippen LogP contribution >= 0.6 is 0 Å². The van der Waals surface area contributed by atoms with Gasteiger partial charge in [-0.1, -0.05) is 26.7 Å². The molecule has 2 aliphatic rings. The summed E-state index contributed by atoms with van der Waals surface area (Å²) in [6.45, 7) is 9.96. The van der Waals surface area contributed by atoms with Crippen LogP contribution in [-0.4, -0.2) is 37.1 Å². The maximum Gasteiger partial charge on any atom is 0.0107 e. The third kappa shape index (κ3) is 3.21. The maximum absolute atomic E-state index is 3.79. The average Bonchev–Trinajstić information content (AvgIpc) is 2.77. The van der Waals surface area contributed by atoms with E-state index in [1.54, 1.807) is 0 Å². The van der Waals surface area contributed by atoms with E-state index in [9.17, 15) is 0 Å². The molecule has 1 saturated carbocycles. The van der Waals surface area contributed by atoms with Crippen LogP contribution in [0.25, 0.3) is 0 Å². The lowest BCUT2D eigenvalue weighted by Crippen LogP contribution is -2.43. The standard InChI is InChI=1S/C14H28N2/c1-12-6-5-7-14(13(12)2)15-8-11-16-9-3-4-10-16/h12-15H,3-11H2,1-2H3. The first-order valence-electron chi connectivity index (χ1n) is 7.23. The predicted octanol–water partition coefficient (Wildman–Crippen LogP) is 2.50. The van der Waals surface area contributed by atoms with Gasteiger partial charge >= 0.3 is 0 Å². The SMILES string of the molecule is CC1CCCC(NCCN2CCCC2)C1C. The van der Waals surface area contributed by atoms with E-state index in [1.165, 1.54) is 58.3 Å². The number of rotatable bonds is 4. The molecule has 94 valence electrons. The van der Waals surface area contributed by atoms with Crippen LogP contribution in [0.15, 0.2) is 0 Å². The molecule has 3 unspecified atom stereocenters. The number of nitrogens with zero attached hydrogens (tertiary/aromatic N) is 1. The van der Waals surface area contributed by atoms with Gasteiger partial charge in [-0.2, -0.15) is 0 Å². The predicted molar refractivity (Wildman–Crippen MR) is 69.6 cm³/mol. The summed E-state index contributed by atoms with van der Waals surface area (Å²) in [6, 6.07) is 0.784. The molecule has 0 spiro atoms. The molecule has 0 bridgehead atoms. The smallest absolute Gasteiger partial charge is 0.0107 e. The van der Waals surface area contributed by atoms with E-state index in [-0.39, 0.29) is 0 Å². The van der Waals surface area contributed by atoms with Gasteiger partial charge in [0.25, 0.3) is 0 Å². The number of likely N-dealkylation sites (tertiary alicyclic amines) is 1. The minimum absolute atomic E-state index is 0.784. The second kappa shape index (κ2) is 6.02. The third-order valence-corrected chi connectivity index (χ3v) is 4.74. The van der Waals surface area contributed by atoms with E-state index in [1.807, 2.05) is 0 Å². The first-order chi connectivity index (χ1) is 7.77. The molecule has 1 aliphatic heterocycles. The summed E-state index contributed by atoms with van der Waals surface area (Å²) in [5.41, 5.74) is 0. The first kappa shape index (κ1) is 12.4. The Kier molecular flexibility index (Phi) is 4.66. The highest BCUT2D eigenvalue weighted by molar-refractivity contribution is 4.82. The minimum Gasteiger partial charge on any atom is -0.312 e. The van der Waals surface area contributed by atoms with Gasteiger partial charge in [0.05, 0.1) is 0 Å². The summed E-state index contributed by atoms with van der Waals surface area (Å²) in [6.07, 6.45) is 7.08. The van der Waals surface area contributed by atoms with E-state index in [0.29, 0.717) is 0 Å². The molecule has 0 aromatic heterocycles. The van der Waals surface area contributed by atoms with Gasteiger partial charge in [-0.25, -0.2) is 0 Å². The number of hydrogen-bond donors (Lipinski definition) is 1. The van der Waals surface area contributed by atoms with Crippen LogP contribution in [0, 0.1) is 11.8 Å². The molecule has 1 aliphatic carbocycles. The maximum atomic E-state index is 3.79. The van der Waals surface area contributed by atoms with Crippen LogP contribution in [0.2, 0.25) is 0 Å². The summed E-state index contributed by atoms with van der Waals surface area (Å²) in [7, 11) is 0. The van der Waals surface area contributed by atoms with Gasteiger partial charge in [0.15, 0.2) is 0 Å². The van der Waals surface area contributed by atoms with Gasteiger partial charge in [0.2, 0.25) is 0 Å². The van der Waals surface area contributed by atoms with Gasteiger partial charge in [0.1, 0.15) is 0 Å². The van der Waals surface area contributed by atoms with Crippen molar-refractivity contribution in [3.63, 3.8) is 0 Å². The molecular formula is C14H28N2. The Morgan fingerprint density at radius 3 is 2.56 bits per heavy atom. The normalized spacial score (nSPS) is 36.8. The zero-order valence-electron chi connectivity index (χ0n) is 11.0. The van der Waals surface area contributed by atoms with Gasteiger partial charge in [0, 0.05) is 19.1 Å². The number of nitrogens with one attached hydrogen (secondary N) is 1. The fourth-order valence-corrected chi connectivity index (χ4v) is 3.28. The van der Waals surface area contributed by atoms with E-state index < -0.39 is 0 Å². The molecule has 0 amide bonds. The van der Waals surface area contributed by atoms with Crippen LogP contribution in [-0.2, 0) is 0 Å². The highest BCUT2D eigenvalue weighted by Crippen LogP contribution is 2.29. The highest BCUT2D eigenvalue weighted by atomic mass is 15.2. The van der Waals surface area contributed by atoms with Crippen molar-refractivity contribution in [2.24, 2.45) is 11.8 Å². The summed E-state index contributed by atoms with van der Waals surface area (Å²) in [5, 5.41) is 3.79. The highest BCUT2D eigenvalue weighted by Gasteiger charge is 2.26. The second-order valence-corrected chi connectivity index (χ2v) is 5.88. The van der Waals surface area contributed by atoms with Gasteiger partial charge < -0.3 is 10.2 Å². The fourth-order valence-electron chi connectivity index (χ4n) is 3.28. The minimum atomic E-state index is 0.784. The van der Waals surface area contributed by atoms with Gasteiger partial charge in [-0.15, -0.1) is 0 Å². The van der Waals surface area contributed by atoms with E-state index in [4.69, 9.17) is 0 Å². The molecule has 16 heavy (non-hydrogen) atoms.